The number of rotatable bonds is 4. The summed E-state index contributed by atoms with van der Waals surface area (Å²) in [5.41, 5.74) is 7.44. The molecule has 0 unspecified atom stereocenters. The van der Waals surface area contributed by atoms with Crippen LogP contribution < -0.4 is 10.5 Å². The number of hydrogen-bond acceptors (Lipinski definition) is 4. The van der Waals surface area contributed by atoms with Crippen LogP contribution >= 0.6 is 11.6 Å². The summed E-state index contributed by atoms with van der Waals surface area (Å²) in [6, 6.07) is 3.26. The van der Waals surface area contributed by atoms with E-state index in [2.05, 4.69) is 4.74 Å². The molecular weight excluding hydrogens is 230 g/mol. The van der Waals surface area contributed by atoms with Gasteiger partial charge in [0, 0.05) is 5.88 Å². The maximum absolute atomic E-state index is 11.5. The summed E-state index contributed by atoms with van der Waals surface area (Å²) in [4.78, 5) is 11.5. The molecule has 0 saturated heterocycles. The van der Waals surface area contributed by atoms with E-state index < -0.39 is 5.97 Å². The third-order valence-electron chi connectivity index (χ3n) is 2.22. The molecule has 1 aromatic rings. The molecule has 0 heterocycles. The molecule has 16 heavy (non-hydrogen) atoms. The predicted molar refractivity (Wildman–Crippen MR) is 63.2 cm³/mol. The van der Waals surface area contributed by atoms with E-state index in [4.69, 9.17) is 22.1 Å². The highest BCUT2D eigenvalue weighted by atomic mass is 35.5. The fourth-order valence-electron chi connectivity index (χ4n) is 1.43. The lowest BCUT2D eigenvalue weighted by Gasteiger charge is -2.11. The molecule has 0 atom stereocenters. The van der Waals surface area contributed by atoms with E-state index in [0.717, 1.165) is 5.56 Å². The Morgan fingerprint density at radius 3 is 2.62 bits per heavy atom. The first-order valence-electron chi connectivity index (χ1n) is 4.74. The average molecular weight is 244 g/mol. The smallest absolute Gasteiger partial charge is 0.338 e. The number of carbonyl (C=O) groups is 1. The van der Waals surface area contributed by atoms with Gasteiger partial charge in [-0.2, -0.15) is 0 Å². The Morgan fingerprint density at radius 1 is 1.44 bits per heavy atom. The number of nitrogens with two attached hydrogens (primary N) is 1. The Bertz CT molecular complexity index is 393. The summed E-state index contributed by atoms with van der Waals surface area (Å²) in [6.07, 6.45) is 0.556. The number of methoxy groups -OCH3 is 2. The number of carbonyl (C=O) groups excluding carboxylic acids is 1. The van der Waals surface area contributed by atoms with Crippen molar-refractivity contribution < 1.29 is 14.3 Å². The van der Waals surface area contributed by atoms with Crippen LogP contribution in [0.4, 0.5) is 5.69 Å². The molecule has 0 radical (unpaired) electrons. The number of benzene rings is 1. The molecule has 4 nitrogen and oxygen atoms in total. The summed E-state index contributed by atoms with van der Waals surface area (Å²) in [5.74, 6) is 0.451. The summed E-state index contributed by atoms with van der Waals surface area (Å²) in [7, 11) is 2.82. The topological polar surface area (TPSA) is 61.5 Å². The molecule has 0 saturated carbocycles. The van der Waals surface area contributed by atoms with Gasteiger partial charge in [0.15, 0.2) is 0 Å². The molecule has 0 aliphatic heterocycles. The van der Waals surface area contributed by atoms with Crippen molar-refractivity contribution >= 4 is 23.3 Å². The van der Waals surface area contributed by atoms with Crippen molar-refractivity contribution in [3.8, 4) is 5.75 Å². The van der Waals surface area contributed by atoms with Crippen molar-refractivity contribution in [2.45, 2.75) is 6.42 Å². The molecule has 5 heteroatoms. The van der Waals surface area contributed by atoms with E-state index in [1.807, 2.05) is 0 Å². The fourth-order valence-corrected chi connectivity index (χ4v) is 1.63. The lowest BCUT2D eigenvalue weighted by molar-refractivity contribution is 0.0599. The van der Waals surface area contributed by atoms with Crippen molar-refractivity contribution in [2.24, 2.45) is 0 Å². The van der Waals surface area contributed by atoms with Crippen LogP contribution in [0.25, 0.3) is 0 Å². The largest absolute Gasteiger partial charge is 0.495 e. The second-order valence-corrected chi connectivity index (χ2v) is 3.56. The van der Waals surface area contributed by atoms with Gasteiger partial charge in [-0.15, -0.1) is 11.6 Å². The van der Waals surface area contributed by atoms with Crippen LogP contribution in [0.2, 0.25) is 0 Å². The lowest BCUT2D eigenvalue weighted by Crippen LogP contribution is -2.08. The maximum Gasteiger partial charge on any atom is 0.338 e. The molecule has 88 valence electrons. The van der Waals surface area contributed by atoms with Gasteiger partial charge < -0.3 is 15.2 Å². The number of alkyl halides is 1. The van der Waals surface area contributed by atoms with E-state index in [0.29, 0.717) is 29.3 Å². The first-order valence-corrected chi connectivity index (χ1v) is 5.28. The molecular formula is C11H14ClNO3. The molecule has 0 aliphatic rings. The van der Waals surface area contributed by atoms with Gasteiger partial charge in [0.05, 0.1) is 25.5 Å². The SMILES string of the molecule is COC(=O)c1cc(OC)c(N)cc1CCCl. The second-order valence-electron chi connectivity index (χ2n) is 3.18. The van der Waals surface area contributed by atoms with E-state index in [1.165, 1.54) is 14.2 Å². The monoisotopic (exact) mass is 243 g/mol. The Labute approximate surface area is 99.3 Å². The van der Waals surface area contributed by atoms with Crippen LogP contribution in [-0.2, 0) is 11.2 Å². The third kappa shape index (κ3) is 2.58. The zero-order valence-electron chi connectivity index (χ0n) is 9.25. The van der Waals surface area contributed by atoms with Crippen LogP contribution in [0.3, 0.4) is 0 Å². The van der Waals surface area contributed by atoms with Crippen LogP contribution in [-0.4, -0.2) is 26.1 Å². The number of hydrogen-bond donors (Lipinski definition) is 1. The van der Waals surface area contributed by atoms with Crippen LogP contribution in [0.5, 0.6) is 5.75 Å². The third-order valence-corrected chi connectivity index (χ3v) is 2.41. The Kier molecular flexibility index (Phi) is 4.43. The molecule has 0 fully saturated rings. The number of aryl methyl sites for hydroxylation is 1. The van der Waals surface area contributed by atoms with Crippen molar-refractivity contribution in [1.82, 2.24) is 0 Å². The minimum absolute atomic E-state index is 0.412. The van der Waals surface area contributed by atoms with Crippen molar-refractivity contribution in [2.75, 3.05) is 25.8 Å². The van der Waals surface area contributed by atoms with E-state index in [1.54, 1.807) is 12.1 Å². The molecule has 0 spiro atoms. The number of ether oxygens (including phenoxy) is 2. The Hall–Kier alpha value is -1.42. The number of esters is 1. The van der Waals surface area contributed by atoms with Crippen LogP contribution in [0.15, 0.2) is 12.1 Å². The van der Waals surface area contributed by atoms with E-state index in [9.17, 15) is 4.79 Å². The summed E-state index contributed by atoms with van der Waals surface area (Å²) < 4.78 is 9.73. The average Bonchev–Trinajstić information content (AvgIpc) is 2.29. The van der Waals surface area contributed by atoms with Gasteiger partial charge in [-0.3, -0.25) is 0 Å². The molecule has 1 rings (SSSR count). The van der Waals surface area contributed by atoms with Crippen molar-refractivity contribution in [3.63, 3.8) is 0 Å². The molecule has 1 aromatic carbocycles. The zero-order chi connectivity index (χ0) is 12.1. The number of halogens is 1. The fraction of sp³-hybridized carbons (Fsp3) is 0.364. The second kappa shape index (κ2) is 5.61. The maximum atomic E-state index is 11.5. The van der Waals surface area contributed by atoms with Crippen molar-refractivity contribution in [1.29, 1.82) is 0 Å². The van der Waals surface area contributed by atoms with Gasteiger partial charge in [-0.1, -0.05) is 0 Å². The Balaban J connectivity index is 3.24. The van der Waals surface area contributed by atoms with Gasteiger partial charge in [0.25, 0.3) is 0 Å². The van der Waals surface area contributed by atoms with Gasteiger partial charge in [0.1, 0.15) is 5.75 Å². The highest BCUT2D eigenvalue weighted by Gasteiger charge is 2.15. The standard InChI is InChI=1S/C11H14ClNO3/c1-15-10-6-8(11(14)16-2)7(3-4-12)5-9(10)13/h5-6H,3-4,13H2,1-2H3. The zero-order valence-corrected chi connectivity index (χ0v) is 10.0. The molecule has 0 aliphatic carbocycles. The normalized spacial score (nSPS) is 9.94. The molecule has 0 aromatic heterocycles. The Morgan fingerprint density at radius 2 is 2.12 bits per heavy atom. The van der Waals surface area contributed by atoms with Gasteiger partial charge >= 0.3 is 5.97 Å². The van der Waals surface area contributed by atoms with Gasteiger partial charge in [-0.05, 0) is 24.1 Å². The van der Waals surface area contributed by atoms with Crippen LogP contribution in [0.1, 0.15) is 15.9 Å². The number of anilines is 1. The summed E-state index contributed by atoms with van der Waals surface area (Å²) >= 11 is 5.66. The molecule has 2 N–H and O–H groups in total. The van der Waals surface area contributed by atoms with E-state index in [-0.39, 0.29) is 0 Å². The van der Waals surface area contributed by atoms with E-state index >= 15 is 0 Å². The predicted octanol–water partition coefficient (Wildman–Crippen LogP) is 1.85. The quantitative estimate of drug-likeness (QED) is 0.498. The first kappa shape index (κ1) is 12.6. The van der Waals surface area contributed by atoms with Crippen LogP contribution in [0, 0.1) is 0 Å². The number of nitrogen functional groups attached to an aromatic ring is 1. The molecule has 0 bridgehead atoms. The van der Waals surface area contributed by atoms with Gasteiger partial charge in [-0.25, -0.2) is 4.79 Å². The van der Waals surface area contributed by atoms with Gasteiger partial charge in [0.2, 0.25) is 0 Å². The highest BCUT2D eigenvalue weighted by Crippen LogP contribution is 2.26. The minimum atomic E-state index is -0.418. The molecule has 0 amide bonds. The summed E-state index contributed by atoms with van der Waals surface area (Å²) in [6.45, 7) is 0. The first-order chi connectivity index (χ1) is 7.63. The lowest BCUT2D eigenvalue weighted by atomic mass is 10.0. The van der Waals surface area contributed by atoms with Crippen molar-refractivity contribution in [3.05, 3.63) is 23.3 Å². The highest BCUT2D eigenvalue weighted by molar-refractivity contribution is 6.18. The summed E-state index contributed by atoms with van der Waals surface area (Å²) in [5, 5.41) is 0. The minimum Gasteiger partial charge on any atom is -0.495 e.